The number of carbonyl (C=O) groups is 1. The Hall–Kier alpha value is -2.05. The Bertz CT molecular complexity index is 1180. The van der Waals surface area contributed by atoms with Gasteiger partial charge in [0.15, 0.2) is 9.84 Å². The molecule has 0 aliphatic carbocycles. The lowest BCUT2D eigenvalue weighted by Crippen LogP contribution is -2.52. The van der Waals surface area contributed by atoms with Crippen molar-refractivity contribution in [3.63, 3.8) is 0 Å². The average Bonchev–Trinajstić information content (AvgIpc) is 3.24. The van der Waals surface area contributed by atoms with Crippen molar-refractivity contribution in [2.24, 2.45) is 5.73 Å². The number of hydrogen-bond donors (Lipinski definition) is 3. The minimum atomic E-state index is -4.09. The molecule has 1 aliphatic heterocycles. The monoisotopic (exact) mass is 497 g/mol. The van der Waals surface area contributed by atoms with Gasteiger partial charge in [-0.05, 0) is 55.1 Å². The van der Waals surface area contributed by atoms with Crippen molar-refractivity contribution >= 4 is 36.5 Å². The standard InChI is InChI=1S/C22H31N3O6S2/c23-11-3-4-13-32(28,29)16-19-8-5-12-25(19)22(27)21(15-26)24-33(30,31)20-10-9-17-6-1-2-7-18(17)14-20/h1-2,6-7,9-10,14,19,21,24,26H,3-5,8,11-13,15-16,23H2/t19-,21-/m0/s1. The van der Waals surface area contributed by atoms with Crippen LogP contribution in [-0.4, -0.2) is 76.0 Å². The molecule has 1 amide bonds. The summed E-state index contributed by atoms with van der Waals surface area (Å²) in [5.74, 6) is -0.805. The number of rotatable bonds is 11. The molecule has 1 aliphatic rings. The molecule has 9 nitrogen and oxygen atoms in total. The summed E-state index contributed by atoms with van der Waals surface area (Å²) >= 11 is 0. The maximum atomic E-state index is 13.1. The quantitative estimate of drug-likeness (QED) is 0.386. The molecule has 1 fully saturated rings. The number of hydrogen-bond acceptors (Lipinski definition) is 7. The van der Waals surface area contributed by atoms with E-state index >= 15 is 0 Å². The lowest BCUT2D eigenvalue weighted by atomic mass is 10.1. The molecule has 0 unspecified atom stereocenters. The molecule has 2 aromatic rings. The van der Waals surface area contributed by atoms with Crippen molar-refractivity contribution < 1.29 is 26.7 Å². The molecule has 0 radical (unpaired) electrons. The van der Waals surface area contributed by atoms with Crippen molar-refractivity contribution in [2.75, 3.05) is 31.2 Å². The fraction of sp³-hybridized carbons (Fsp3) is 0.500. The van der Waals surface area contributed by atoms with E-state index in [2.05, 4.69) is 4.72 Å². The number of unbranched alkanes of at least 4 members (excludes halogenated alkanes) is 1. The zero-order chi connectivity index (χ0) is 24.1. The number of nitrogens with zero attached hydrogens (tertiary/aromatic N) is 1. The molecule has 4 N–H and O–H groups in total. The highest BCUT2D eigenvalue weighted by Gasteiger charge is 2.37. The largest absolute Gasteiger partial charge is 0.394 e. The van der Waals surface area contributed by atoms with E-state index in [4.69, 9.17) is 5.73 Å². The third-order valence-electron chi connectivity index (χ3n) is 5.83. The van der Waals surface area contributed by atoms with Crippen LogP contribution in [0.15, 0.2) is 47.4 Å². The Kier molecular flexibility index (Phi) is 8.46. The van der Waals surface area contributed by atoms with Crippen molar-refractivity contribution in [3.05, 3.63) is 42.5 Å². The van der Waals surface area contributed by atoms with Crippen molar-refractivity contribution in [2.45, 2.75) is 42.7 Å². The highest BCUT2D eigenvalue weighted by molar-refractivity contribution is 7.91. The first-order valence-electron chi connectivity index (χ1n) is 11.0. The molecule has 11 heteroatoms. The summed E-state index contributed by atoms with van der Waals surface area (Å²) in [5.41, 5.74) is 5.42. The SMILES string of the molecule is NCCCCS(=O)(=O)C[C@@H]1CCCN1C(=O)[C@H](CO)NS(=O)(=O)c1ccc2ccccc2c1. The molecule has 0 aromatic heterocycles. The van der Waals surface area contributed by atoms with Gasteiger partial charge in [-0.1, -0.05) is 30.3 Å². The van der Waals surface area contributed by atoms with E-state index in [1.54, 1.807) is 18.2 Å². The summed E-state index contributed by atoms with van der Waals surface area (Å²) in [7, 11) is -7.48. The van der Waals surface area contributed by atoms with E-state index in [1.165, 1.54) is 17.0 Å². The molecule has 0 spiro atoms. The van der Waals surface area contributed by atoms with Gasteiger partial charge in [-0.2, -0.15) is 4.72 Å². The number of amides is 1. The maximum absolute atomic E-state index is 13.1. The Morgan fingerprint density at radius 3 is 2.55 bits per heavy atom. The number of likely N-dealkylation sites (tertiary alicyclic amines) is 1. The number of sulfone groups is 1. The van der Waals surface area contributed by atoms with Crippen molar-refractivity contribution in [1.29, 1.82) is 0 Å². The minimum absolute atomic E-state index is 0.000746. The maximum Gasteiger partial charge on any atom is 0.243 e. The fourth-order valence-corrected chi connectivity index (χ4v) is 7.06. The van der Waals surface area contributed by atoms with E-state index in [9.17, 15) is 26.7 Å². The Balaban J connectivity index is 1.72. The van der Waals surface area contributed by atoms with Gasteiger partial charge >= 0.3 is 0 Å². The fourth-order valence-electron chi connectivity index (χ4n) is 4.10. The first-order chi connectivity index (χ1) is 15.7. The van der Waals surface area contributed by atoms with Gasteiger partial charge in [-0.25, -0.2) is 16.8 Å². The van der Waals surface area contributed by atoms with Crippen LogP contribution in [0.5, 0.6) is 0 Å². The van der Waals surface area contributed by atoms with Gasteiger partial charge in [-0.3, -0.25) is 4.79 Å². The third kappa shape index (κ3) is 6.51. The smallest absolute Gasteiger partial charge is 0.243 e. The van der Waals surface area contributed by atoms with Crippen LogP contribution in [0.1, 0.15) is 25.7 Å². The number of sulfonamides is 1. The topological polar surface area (TPSA) is 147 Å². The Morgan fingerprint density at radius 2 is 1.85 bits per heavy atom. The second-order valence-electron chi connectivity index (χ2n) is 8.30. The predicted octanol–water partition coefficient (Wildman–Crippen LogP) is 0.624. The Labute approximate surface area is 194 Å². The highest BCUT2D eigenvalue weighted by Crippen LogP contribution is 2.22. The van der Waals surface area contributed by atoms with E-state index in [1.807, 2.05) is 12.1 Å². The molecule has 1 heterocycles. The molecule has 2 atom stereocenters. The van der Waals surface area contributed by atoms with Crippen LogP contribution in [0, 0.1) is 0 Å². The van der Waals surface area contributed by atoms with Gasteiger partial charge in [0.1, 0.15) is 6.04 Å². The molecule has 3 rings (SSSR count). The molecule has 0 saturated carbocycles. The number of aliphatic hydroxyl groups is 1. The second-order valence-corrected chi connectivity index (χ2v) is 12.2. The normalized spacial score (nSPS) is 18.0. The molecule has 0 bridgehead atoms. The summed E-state index contributed by atoms with van der Waals surface area (Å²) in [5, 5.41) is 11.4. The van der Waals surface area contributed by atoms with Gasteiger partial charge in [-0.15, -0.1) is 0 Å². The van der Waals surface area contributed by atoms with Crippen LogP contribution in [0.4, 0.5) is 0 Å². The first kappa shape index (κ1) is 25.6. The number of nitrogens with one attached hydrogen (secondary N) is 1. The van der Waals surface area contributed by atoms with Crippen LogP contribution in [0.25, 0.3) is 10.8 Å². The number of aliphatic hydroxyl groups excluding tert-OH is 1. The zero-order valence-electron chi connectivity index (χ0n) is 18.4. The number of benzene rings is 2. The van der Waals surface area contributed by atoms with E-state index in [0.29, 0.717) is 38.8 Å². The predicted molar refractivity (Wildman–Crippen MR) is 127 cm³/mol. The van der Waals surface area contributed by atoms with Crippen LogP contribution in [-0.2, 0) is 24.7 Å². The van der Waals surface area contributed by atoms with Gasteiger partial charge in [0.05, 0.1) is 23.0 Å². The van der Waals surface area contributed by atoms with Gasteiger partial charge < -0.3 is 15.7 Å². The lowest BCUT2D eigenvalue weighted by Gasteiger charge is -2.28. The molecule has 33 heavy (non-hydrogen) atoms. The van der Waals surface area contributed by atoms with Gasteiger partial charge in [0, 0.05) is 12.6 Å². The average molecular weight is 498 g/mol. The summed E-state index contributed by atoms with van der Waals surface area (Å²) in [4.78, 5) is 14.4. The summed E-state index contributed by atoms with van der Waals surface area (Å²) in [6.07, 6.45) is 2.20. The van der Waals surface area contributed by atoms with Crippen LogP contribution < -0.4 is 10.5 Å². The Morgan fingerprint density at radius 1 is 1.12 bits per heavy atom. The van der Waals surface area contributed by atoms with E-state index < -0.39 is 44.5 Å². The summed E-state index contributed by atoms with van der Waals surface area (Å²) in [6, 6.07) is 9.96. The molecular weight excluding hydrogens is 466 g/mol. The van der Waals surface area contributed by atoms with Crippen LogP contribution in [0.3, 0.4) is 0 Å². The van der Waals surface area contributed by atoms with Gasteiger partial charge in [0.2, 0.25) is 15.9 Å². The second kappa shape index (κ2) is 10.9. The zero-order valence-corrected chi connectivity index (χ0v) is 20.0. The van der Waals surface area contributed by atoms with Gasteiger partial charge in [0.25, 0.3) is 0 Å². The van der Waals surface area contributed by atoms with Crippen molar-refractivity contribution in [3.8, 4) is 0 Å². The molecule has 2 aromatic carbocycles. The highest BCUT2D eigenvalue weighted by atomic mass is 32.2. The summed E-state index contributed by atoms with van der Waals surface area (Å²) in [6.45, 7) is -0.00672. The number of carbonyl (C=O) groups excluding carboxylic acids is 1. The molecule has 1 saturated heterocycles. The van der Waals surface area contributed by atoms with Crippen LogP contribution in [0.2, 0.25) is 0 Å². The first-order valence-corrected chi connectivity index (χ1v) is 14.3. The van der Waals surface area contributed by atoms with Crippen molar-refractivity contribution in [1.82, 2.24) is 9.62 Å². The molecular formula is C22H31N3O6S2. The number of fused-ring (bicyclic) bond motifs is 1. The summed E-state index contributed by atoms with van der Waals surface area (Å²) < 4.78 is 53.0. The lowest BCUT2D eigenvalue weighted by molar-refractivity contribution is -0.134. The minimum Gasteiger partial charge on any atom is -0.394 e. The number of nitrogens with two attached hydrogens (primary N) is 1. The third-order valence-corrected chi connectivity index (χ3v) is 9.10. The van der Waals surface area contributed by atoms with E-state index in [0.717, 1.165) is 10.8 Å². The van der Waals surface area contributed by atoms with E-state index in [-0.39, 0.29) is 16.4 Å². The van der Waals surface area contributed by atoms with Crippen LogP contribution >= 0.6 is 0 Å². The molecule has 182 valence electrons.